The quantitative estimate of drug-likeness (QED) is 0.287. The highest BCUT2D eigenvalue weighted by molar-refractivity contribution is 6.30. The Morgan fingerprint density at radius 1 is 1.05 bits per heavy atom. The second-order valence-corrected chi connectivity index (χ2v) is 9.20. The predicted octanol–water partition coefficient (Wildman–Crippen LogP) is 5.82. The van der Waals surface area contributed by atoms with Gasteiger partial charge >= 0.3 is 5.97 Å². The molecule has 0 spiro atoms. The molecule has 2 heterocycles. The van der Waals surface area contributed by atoms with Crippen LogP contribution >= 0.6 is 11.6 Å². The molecule has 1 atom stereocenters. The first kappa shape index (κ1) is 25.4. The average Bonchev–Trinajstić information content (AvgIpc) is 3.40. The van der Waals surface area contributed by atoms with Crippen LogP contribution in [0.2, 0.25) is 5.02 Å². The van der Waals surface area contributed by atoms with E-state index in [1.165, 1.54) is 19.0 Å². The lowest BCUT2D eigenvalue weighted by Gasteiger charge is -2.29. The SMILES string of the molecule is CCOc1cc([C@@H]2C(C(=O)OC)=C(c3ccc(Cl)cc3)Nc3ncnn32)ccc1OCc1cccc(C)c1. The number of carbonyl (C=O) groups is 1. The van der Waals surface area contributed by atoms with Gasteiger partial charge in [0.05, 0.1) is 25.0 Å². The van der Waals surface area contributed by atoms with Crippen molar-refractivity contribution in [3.05, 3.63) is 106 Å². The number of aromatic nitrogens is 3. The third kappa shape index (κ3) is 5.08. The molecule has 0 unspecified atom stereocenters. The molecule has 0 saturated carbocycles. The number of anilines is 1. The number of methoxy groups -OCH3 is 1. The number of esters is 1. The second-order valence-electron chi connectivity index (χ2n) is 8.76. The number of hydrogen-bond donors (Lipinski definition) is 1. The molecule has 0 aliphatic carbocycles. The third-order valence-corrected chi connectivity index (χ3v) is 6.45. The molecule has 0 radical (unpaired) electrons. The number of ether oxygens (including phenoxy) is 3. The molecule has 1 aliphatic rings. The van der Waals surface area contributed by atoms with Crippen molar-refractivity contribution < 1.29 is 19.0 Å². The van der Waals surface area contributed by atoms with Gasteiger partial charge in [0, 0.05) is 5.02 Å². The molecule has 0 saturated heterocycles. The lowest BCUT2D eigenvalue weighted by Crippen LogP contribution is -2.29. The molecule has 1 aliphatic heterocycles. The molecule has 38 heavy (non-hydrogen) atoms. The van der Waals surface area contributed by atoms with Crippen LogP contribution in [0, 0.1) is 6.92 Å². The van der Waals surface area contributed by atoms with Crippen LogP contribution in [0.25, 0.3) is 5.70 Å². The average molecular weight is 531 g/mol. The minimum absolute atomic E-state index is 0.378. The minimum Gasteiger partial charge on any atom is -0.490 e. The van der Waals surface area contributed by atoms with Crippen molar-refractivity contribution in [1.82, 2.24) is 14.8 Å². The highest BCUT2D eigenvalue weighted by Crippen LogP contribution is 2.41. The van der Waals surface area contributed by atoms with Gasteiger partial charge in [-0.3, -0.25) is 0 Å². The van der Waals surface area contributed by atoms with E-state index in [1.807, 2.05) is 62.4 Å². The van der Waals surface area contributed by atoms with E-state index in [-0.39, 0.29) is 0 Å². The van der Waals surface area contributed by atoms with Gasteiger partial charge in [-0.1, -0.05) is 59.6 Å². The number of benzene rings is 3. The zero-order chi connectivity index (χ0) is 26.6. The molecule has 9 heteroatoms. The third-order valence-electron chi connectivity index (χ3n) is 6.20. The highest BCUT2D eigenvalue weighted by atomic mass is 35.5. The Kier molecular flexibility index (Phi) is 7.33. The standard InChI is InChI=1S/C29H27ClN4O4/c1-4-37-24-15-21(10-13-23(24)38-16-19-7-5-6-18(2)14-19)27-25(28(35)36-3)26(20-8-11-22(30)12-9-20)33-29-31-17-32-34(27)29/h5-15,17,27H,4,16H2,1-3H3,(H,31,32,33)/t27-/m1/s1. The monoisotopic (exact) mass is 530 g/mol. The summed E-state index contributed by atoms with van der Waals surface area (Å²) in [7, 11) is 1.36. The zero-order valence-electron chi connectivity index (χ0n) is 21.3. The Labute approximate surface area is 225 Å². The van der Waals surface area contributed by atoms with E-state index in [4.69, 9.17) is 25.8 Å². The number of fused-ring (bicyclic) bond motifs is 1. The van der Waals surface area contributed by atoms with Crippen molar-refractivity contribution in [2.24, 2.45) is 0 Å². The molecular weight excluding hydrogens is 504 g/mol. The van der Waals surface area contributed by atoms with Crippen LogP contribution in [0.3, 0.4) is 0 Å². The summed E-state index contributed by atoms with van der Waals surface area (Å²) in [6, 6.07) is 20.4. The predicted molar refractivity (Wildman–Crippen MR) is 145 cm³/mol. The number of carbonyl (C=O) groups excluding carboxylic acids is 1. The molecule has 0 bridgehead atoms. The number of nitrogens with one attached hydrogen (secondary N) is 1. The lowest BCUT2D eigenvalue weighted by molar-refractivity contribution is -0.136. The molecule has 8 nitrogen and oxygen atoms in total. The van der Waals surface area contributed by atoms with Crippen LogP contribution in [0.5, 0.6) is 11.5 Å². The van der Waals surface area contributed by atoms with E-state index in [9.17, 15) is 4.79 Å². The molecular formula is C29H27ClN4O4. The Bertz CT molecular complexity index is 1500. The van der Waals surface area contributed by atoms with Gasteiger partial charge in [-0.05, 0) is 54.8 Å². The smallest absolute Gasteiger partial charge is 0.338 e. The normalized spacial score (nSPS) is 14.5. The van der Waals surface area contributed by atoms with E-state index < -0.39 is 12.0 Å². The van der Waals surface area contributed by atoms with E-state index in [0.29, 0.717) is 47.0 Å². The summed E-state index contributed by atoms with van der Waals surface area (Å²) in [6.45, 7) is 4.80. The van der Waals surface area contributed by atoms with Crippen molar-refractivity contribution in [2.45, 2.75) is 26.5 Å². The van der Waals surface area contributed by atoms with Gasteiger partial charge in [0.15, 0.2) is 11.5 Å². The van der Waals surface area contributed by atoms with E-state index in [0.717, 1.165) is 16.7 Å². The van der Waals surface area contributed by atoms with Crippen LogP contribution in [0.1, 0.15) is 35.2 Å². The maximum atomic E-state index is 13.2. The van der Waals surface area contributed by atoms with Gasteiger partial charge in [-0.2, -0.15) is 10.1 Å². The van der Waals surface area contributed by atoms with E-state index >= 15 is 0 Å². The molecule has 3 aromatic carbocycles. The second kappa shape index (κ2) is 11.0. The number of halogens is 1. The summed E-state index contributed by atoms with van der Waals surface area (Å²) in [4.78, 5) is 17.6. The fraction of sp³-hybridized carbons (Fsp3) is 0.207. The highest BCUT2D eigenvalue weighted by Gasteiger charge is 2.36. The zero-order valence-corrected chi connectivity index (χ0v) is 22.0. The van der Waals surface area contributed by atoms with Crippen LogP contribution in [-0.2, 0) is 16.1 Å². The Morgan fingerprint density at radius 3 is 2.61 bits per heavy atom. The van der Waals surface area contributed by atoms with E-state index in [1.54, 1.807) is 16.8 Å². The van der Waals surface area contributed by atoms with Crippen molar-refractivity contribution >= 4 is 29.2 Å². The summed E-state index contributed by atoms with van der Waals surface area (Å²) in [5, 5.41) is 8.24. The van der Waals surface area contributed by atoms with Gasteiger partial charge in [0.1, 0.15) is 19.0 Å². The number of rotatable bonds is 8. The van der Waals surface area contributed by atoms with Gasteiger partial charge < -0.3 is 19.5 Å². The van der Waals surface area contributed by atoms with Crippen molar-refractivity contribution in [3.8, 4) is 11.5 Å². The van der Waals surface area contributed by atoms with Crippen molar-refractivity contribution in [2.75, 3.05) is 19.0 Å². The molecule has 0 fully saturated rings. The van der Waals surface area contributed by atoms with Gasteiger partial charge in [-0.25, -0.2) is 9.48 Å². The van der Waals surface area contributed by atoms with Gasteiger partial charge in [-0.15, -0.1) is 0 Å². The minimum atomic E-state index is -0.628. The van der Waals surface area contributed by atoms with Crippen molar-refractivity contribution in [1.29, 1.82) is 0 Å². The van der Waals surface area contributed by atoms with Crippen LogP contribution < -0.4 is 14.8 Å². The topological polar surface area (TPSA) is 87.5 Å². The molecule has 0 amide bonds. The first-order valence-corrected chi connectivity index (χ1v) is 12.6. The Hall–Kier alpha value is -4.30. The summed E-state index contributed by atoms with van der Waals surface area (Å²) in [6.07, 6.45) is 1.44. The largest absolute Gasteiger partial charge is 0.490 e. The fourth-order valence-electron chi connectivity index (χ4n) is 4.49. The summed E-state index contributed by atoms with van der Waals surface area (Å²) < 4.78 is 19.0. The Balaban J connectivity index is 1.58. The van der Waals surface area contributed by atoms with E-state index in [2.05, 4.69) is 21.5 Å². The maximum absolute atomic E-state index is 13.2. The first-order chi connectivity index (χ1) is 18.5. The maximum Gasteiger partial charge on any atom is 0.338 e. The summed E-state index contributed by atoms with van der Waals surface area (Å²) >= 11 is 6.12. The summed E-state index contributed by atoms with van der Waals surface area (Å²) in [5.41, 5.74) is 4.69. The van der Waals surface area contributed by atoms with Crippen LogP contribution in [0.4, 0.5) is 5.95 Å². The number of aryl methyl sites for hydroxylation is 1. The Morgan fingerprint density at radius 2 is 1.87 bits per heavy atom. The van der Waals surface area contributed by atoms with Gasteiger partial charge in [0.2, 0.25) is 5.95 Å². The molecule has 4 aromatic rings. The van der Waals surface area contributed by atoms with Crippen LogP contribution in [0.15, 0.2) is 78.6 Å². The lowest BCUT2D eigenvalue weighted by atomic mass is 9.92. The molecule has 1 aromatic heterocycles. The van der Waals surface area contributed by atoms with Crippen molar-refractivity contribution in [3.63, 3.8) is 0 Å². The number of nitrogens with zero attached hydrogens (tertiary/aromatic N) is 3. The first-order valence-electron chi connectivity index (χ1n) is 12.2. The number of hydrogen-bond acceptors (Lipinski definition) is 7. The van der Waals surface area contributed by atoms with Gasteiger partial charge in [0.25, 0.3) is 0 Å². The molecule has 1 N–H and O–H groups in total. The fourth-order valence-corrected chi connectivity index (χ4v) is 4.61. The van der Waals surface area contributed by atoms with Crippen LogP contribution in [-0.4, -0.2) is 34.5 Å². The molecule has 194 valence electrons. The molecule has 5 rings (SSSR count). The summed E-state index contributed by atoms with van der Waals surface area (Å²) in [5.74, 6) is 1.16.